The Bertz CT molecular complexity index is 645. The summed E-state index contributed by atoms with van der Waals surface area (Å²) in [6, 6.07) is 17.0. The van der Waals surface area contributed by atoms with E-state index in [0.29, 0.717) is 6.42 Å². The zero-order valence-corrected chi connectivity index (χ0v) is 13.1. The molecule has 1 amide bonds. The molecular weight excluding hydrogens is 270 g/mol. The Morgan fingerprint density at radius 2 is 1.82 bits per heavy atom. The summed E-state index contributed by atoms with van der Waals surface area (Å²) in [5.74, 6) is 0.117. The molecule has 1 aliphatic rings. The first-order chi connectivity index (χ1) is 10.8. The second-order valence-corrected chi connectivity index (χ2v) is 6.06. The smallest absolute Gasteiger partial charge is 0.224 e. The molecule has 2 aromatic carbocycles. The number of hydrogen-bond acceptors (Lipinski definition) is 1. The van der Waals surface area contributed by atoms with Crippen molar-refractivity contribution in [3.8, 4) is 0 Å². The highest BCUT2D eigenvalue weighted by atomic mass is 16.1. The number of fused-ring (bicyclic) bond motifs is 1. The van der Waals surface area contributed by atoms with E-state index in [0.717, 1.165) is 31.2 Å². The van der Waals surface area contributed by atoms with Gasteiger partial charge in [-0.15, -0.1) is 0 Å². The molecule has 0 unspecified atom stereocenters. The molecule has 22 heavy (non-hydrogen) atoms. The molecule has 0 aliphatic heterocycles. The van der Waals surface area contributed by atoms with Crippen LogP contribution in [0.1, 0.15) is 48.1 Å². The van der Waals surface area contributed by atoms with E-state index < -0.39 is 0 Å². The fraction of sp³-hybridized carbons (Fsp3) is 0.350. The standard InChI is InChI=1S/C20H23NO/c1-2-15-10-12-16(13-11-15)14-20(22)21-19-9-5-7-17-6-3-4-8-18(17)19/h3-4,6,8,10-13,19H,2,5,7,9,14H2,1H3,(H,21,22)/t19-/m0/s1. The molecule has 0 spiro atoms. The molecule has 2 nitrogen and oxygen atoms in total. The van der Waals surface area contributed by atoms with E-state index in [4.69, 9.17) is 0 Å². The molecule has 1 aliphatic carbocycles. The minimum absolute atomic E-state index is 0.117. The first kappa shape index (κ1) is 14.8. The summed E-state index contributed by atoms with van der Waals surface area (Å²) < 4.78 is 0. The van der Waals surface area contributed by atoms with E-state index in [9.17, 15) is 4.79 Å². The van der Waals surface area contributed by atoms with Crippen LogP contribution in [-0.4, -0.2) is 5.91 Å². The Morgan fingerprint density at radius 3 is 2.59 bits per heavy atom. The number of carbonyl (C=O) groups excluding carboxylic acids is 1. The minimum atomic E-state index is 0.117. The fourth-order valence-electron chi connectivity index (χ4n) is 3.23. The minimum Gasteiger partial charge on any atom is -0.349 e. The van der Waals surface area contributed by atoms with Crippen molar-refractivity contribution in [1.82, 2.24) is 5.32 Å². The average Bonchev–Trinajstić information content (AvgIpc) is 2.56. The molecule has 114 valence electrons. The van der Waals surface area contributed by atoms with Crippen molar-refractivity contribution in [2.45, 2.75) is 45.1 Å². The molecule has 2 heteroatoms. The third-order valence-corrected chi connectivity index (χ3v) is 4.50. The van der Waals surface area contributed by atoms with Crippen LogP contribution in [0.5, 0.6) is 0 Å². The SMILES string of the molecule is CCc1ccc(CC(=O)N[C@H]2CCCc3ccccc32)cc1. The summed E-state index contributed by atoms with van der Waals surface area (Å²) in [5, 5.41) is 3.21. The summed E-state index contributed by atoms with van der Waals surface area (Å²) >= 11 is 0. The normalized spacial score (nSPS) is 16.9. The molecule has 0 bridgehead atoms. The molecule has 2 aromatic rings. The highest BCUT2D eigenvalue weighted by Crippen LogP contribution is 2.29. The molecule has 0 aromatic heterocycles. The Hall–Kier alpha value is -2.09. The molecule has 1 N–H and O–H groups in total. The lowest BCUT2D eigenvalue weighted by Gasteiger charge is -2.26. The summed E-state index contributed by atoms with van der Waals surface area (Å²) in [4.78, 5) is 12.3. The van der Waals surface area contributed by atoms with Gasteiger partial charge in [0.05, 0.1) is 12.5 Å². The van der Waals surface area contributed by atoms with Gasteiger partial charge in [0, 0.05) is 0 Å². The van der Waals surface area contributed by atoms with Gasteiger partial charge in [0.1, 0.15) is 0 Å². The third kappa shape index (κ3) is 3.38. The zero-order chi connectivity index (χ0) is 15.4. The van der Waals surface area contributed by atoms with Crippen molar-refractivity contribution in [2.75, 3.05) is 0 Å². The van der Waals surface area contributed by atoms with E-state index in [1.54, 1.807) is 0 Å². The average molecular weight is 293 g/mol. The molecule has 0 fully saturated rings. The van der Waals surface area contributed by atoms with Gasteiger partial charge in [-0.05, 0) is 47.9 Å². The second kappa shape index (κ2) is 6.78. The fourth-order valence-corrected chi connectivity index (χ4v) is 3.23. The molecule has 1 atom stereocenters. The highest BCUT2D eigenvalue weighted by Gasteiger charge is 2.21. The molecule has 0 saturated carbocycles. The summed E-state index contributed by atoms with van der Waals surface area (Å²) in [6.07, 6.45) is 4.81. The van der Waals surface area contributed by atoms with Crippen molar-refractivity contribution in [3.63, 3.8) is 0 Å². The van der Waals surface area contributed by atoms with Gasteiger partial charge < -0.3 is 5.32 Å². The van der Waals surface area contributed by atoms with Gasteiger partial charge in [0.2, 0.25) is 5.91 Å². The van der Waals surface area contributed by atoms with Crippen LogP contribution >= 0.6 is 0 Å². The molecular formula is C20H23NO. The third-order valence-electron chi connectivity index (χ3n) is 4.50. The van der Waals surface area contributed by atoms with E-state index in [1.807, 2.05) is 0 Å². The lowest BCUT2D eigenvalue weighted by molar-refractivity contribution is -0.121. The van der Waals surface area contributed by atoms with Gasteiger partial charge in [0.15, 0.2) is 0 Å². The lowest BCUT2D eigenvalue weighted by atomic mass is 9.87. The van der Waals surface area contributed by atoms with E-state index >= 15 is 0 Å². The summed E-state index contributed by atoms with van der Waals surface area (Å²) in [5.41, 5.74) is 5.07. The van der Waals surface area contributed by atoms with Crippen LogP contribution in [0.4, 0.5) is 0 Å². The van der Waals surface area contributed by atoms with Crippen molar-refractivity contribution in [1.29, 1.82) is 0 Å². The number of aryl methyl sites for hydroxylation is 2. The number of nitrogens with one attached hydrogen (secondary N) is 1. The number of amides is 1. The van der Waals surface area contributed by atoms with Crippen LogP contribution < -0.4 is 5.32 Å². The maximum absolute atomic E-state index is 12.3. The lowest BCUT2D eigenvalue weighted by Crippen LogP contribution is -2.32. The molecule has 0 heterocycles. The van der Waals surface area contributed by atoms with E-state index in [2.05, 4.69) is 60.8 Å². The second-order valence-electron chi connectivity index (χ2n) is 6.06. The molecule has 3 rings (SSSR count). The van der Waals surface area contributed by atoms with E-state index in [1.165, 1.54) is 16.7 Å². The van der Waals surface area contributed by atoms with Gasteiger partial charge in [-0.25, -0.2) is 0 Å². The van der Waals surface area contributed by atoms with Crippen LogP contribution in [0.2, 0.25) is 0 Å². The first-order valence-corrected chi connectivity index (χ1v) is 8.21. The summed E-state index contributed by atoms with van der Waals surface area (Å²) in [7, 11) is 0. The van der Waals surface area contributed by atoms with Gasteiger partial charge in [-0.2, -0.15) is 0 Å². The van der Waals surface area contributed by atoms with Crippen molar-refractivity contribution in [2.24, 2.45) is 0 Å². The van der Waals surface area contributed by atoms with Crippen LogP contribution in [0.15, 0.2) is 48.5 Å². The van der Waals surface area contributed by atoms with Crippen LogP contribution in [0.25, 0.3) is 0 Å². The van der Waals surface area contributed by atoms with Crippen LogP contribution in [0, 0.1) is 0 Å². The predicted molar refractivity (Wildman–Crippen MR) is 89.8 cm³/mol. The Balaban J connectivity index is 1.65. The highest BCUT2D eigenvalue weighted by molar-refractivity contribution is 5.79. The van der Waals surface area contributed by atoms with Crippen molar-refractivity contribution >= 4 is 5.91 Å². The first-order valence-electron chi connectivity index (χ1n) is 8.21. The summed E-state index contributed by atoms with van der Waals surface area (Å²) in [6.45, 7) is 2.14. The van der Waals surface area contributed by atoms with Crippen LogP contribution in [-0.2, 0) is 24.1 Å². The Kier molecular flexibility index (Phi) is 4.57. The van der Waals surface area contributed by atoms with Gasteiger partial charge in [0.25, 0.3) is 0 Å². The molecule has 0 saturated heterocycles. The van der Waals surface area contributed by atoms with Crippen molar-refractivity contribution < 1.29 is 4.79 Å². The van der Waals surface area contributed by atoms with Gasteiger partial charge in [-0.3, -0.25) is 4.79 Å². The monoisotopic (exact) mass is 293 g/mol. The Labute approximate surface area is 132 Å². The zero-order valence-electron chi connectivity index (χ0n) is 13.1. The maximum Gasteiger partial charge on any atom is 0.224 e. The number of hydrogen-bond donors (Lipinski definition) is 1. The van der Waals surface area contributed by atoms with E-state index in [-0.39, 0.29) is 11.9 Å². The largest absolute Gasteiger partial charge is 0.349 e. The van der Waals surface area contributed by atoms with Gasteiger partial charge >= 0.3 is 0 Å². The topological polar surface area (TPSA) is 29.1 Å². The quantitative estimate of drug-likeness (QED) is 0.907. The molecule has 0 radical (unpaired) electrons. The van der Waals surface area contributed by atoms with Crippen molar-refractivity contribution in [3.05, 3.63) is 70.8 Å². The van der Waals surface area contributed by atoms with Crippen LogP contribution in [0.3, 0.4) is 0 Å². The Morgan fingerprint density at radius 1 is 1.09 bits per heavy atom. The van der Waals surface area contributed by atoms with Gasteiger partial charge in [-0.1, -0.05) is 55.5 Å². The predicted octanol–water partition coefficient (Wildman–Crippen LogP) is 3.99. The number of carbonyl (C=O) groups is 1. The number of rotatable bonds is 4. The number of benzene rings is 2. The maximum atomic E-state index is 12.3.